The number of likely N-dealkylation sites (N-methyl/N-ethyl adjacent to an activating group) is 1. The molecule has 1 aliphatic heterocycles. The molecule has 0 aliphatic carbocycles. The van der Waals surface area contributed by atoms with Gasteiger partial charge in [-0.3, -0.25) is 0 Å². The van der Waals surface area contributed by atoms with Gasteiger partial charge in [-0.2, -0.15) is 4.31 Å². The number of nitrogens with zero attached hydrogens (tertiary/aromatic N) is 2. The van der Waals surface area contributed by atoms with Gasteiger partial charge in [0, 0.05) is 26.2 Å². The van der Waals surface area contributed by atoms with Crippen molar-refractivity contribution in [3.63, 3.8) is 0 Å². The van der Waals surface area contributed by atoms with Crippen molar-refractivity contribution in [2.45, 2.75) is 23.8 Å². The third-order valence-electron chi connectivity index (χ3n) is 3.86. The molecule has 1 aromatic carbocycles. The molecule has 1 atom stereocenters. The van der Waals surface area contributed by atoms with Gasteiger partial charge in [0.1, 0.15) is 4.90 Å². The van der Waals surface area contributed by atoms with Crippen molar-refractivity contribution in [2.75, 3.05) is 39.5 Å². The summed E-state index contributed by atoms with van der Waals surface area (Å²) in [7, 11) is 2.32. The zero-order valence-electron chi connectivity index (χ0n) is 12.3. The maximum atomic E-state index is 12.8. The molecule has 2 rings (SSSR count). The number of benzene rings is 1. The van der Waals surface area contributed by atoms with Crippen LogP contribution in [0.15, 0.2) is 29.2 Å². The summed E-state index contributed by atoms with van der Waals surface area (Å²) in [5.41, 5.74) is 0.652. The Morgan fingerprint density at radius 3 is 2.65 bits per heavy atom. The lowest BCUT2D eigenvalue weighted by atomic mass is 10.1. The Hall–Kier alpha value is -1.11. The van der Waals surface area contributed by atoms with Crippen LogP contribution >= 0.6 is 0 Å². The van der Waals surface area contributed by atoms with E-state index in [9.17, 15) is 8.42 Å². The van der Waals surface area contributed by atoms with Crippen LogP contribution in [0.2, 0.25) is 0 Å². The molecule has 1 saturated heterocycles. The molecule has 5 nitrogen and oxygen atoms in total. The Morgan fingerprint density at radius 1 is 1.30 bits per heavy atom. The lowest BCUT2D eigenvalue weighted by Crippen LogP contribution is -2.47. The van der Waals surface area contributed by atoms with Gasteiger partial charge in [0.2, 0.25) is 10.0 Å². The first-order valence-corrected chi connectivity index (χ1v) is 8.34. The average Bonchev–Trinajstić information content (AvgIpc) is 2.47. The van der Waals surface area contributed by atoms with E-state index < -0.39 is 10.0 Å². The predicted octanol–water partition coefficient (Wildman–Crippen LogP) is 1.44. The van der Waals surface area contributed by atoms with E-state index in [0.717, 1.165) is 12.8 Å². The second-order valence-electron chi connectivity index (χ2n) is 5.37. The van der Waals surface area contributed by atoms with Crippen molar-refractivity contribution in [1.82, 2.24) is 9.21 Å². The summed E-state index contributed by atoms with van der Waals surface area (Å²) in [4.78, 5) is 2.47. The summed E-state index contributed by atoms with van der Waals surface area (Å²) < 4.78 is 27.2. The molecule has 112 valence electrons. The summed E-state index contributed by atoms with van der Waals surface area (Å²) in [5.74, 6) is 0. The minimum Gasteiger partial charge on any atom is -0.387 e. The molecule has 0 saturated carbocycles. The van der Waals surface area contributed by atoms with Gasteiger partial charge in [-0.15, -0.1) is 0 Å². The van der Waals surface area contributed by atoms with Crippen molar-refractivity contribution in [2.24, 2.45) is 0 Å². The first kappa shape index (κ1) is 15.3. The van der Waals surface area contributed by atoms with Gasteiger partial charge in [0.25, 0.3) is 0 Å². The number of rotatable bonds is 4. The van der Waals surface area contributed by atoms with Crippen LogP contribution in [0, 0.1) is 0 Å². The maximum absolute atomic E-state index is 12.8. The maximum Gasteiger partial charge on any atom is 0.245 e. The molecule has 0 amide bonds. The molecule has 1 fully saturated rings. The van der Waals surface area contributed by atoms with E-state index in [1.807, 2.05) is 20.2 Å². The molecule has 6 heteroatoms. The molecule has 1 heterocycles. The summed E-state index contributed by atoms with van der Waals surface area (Å²) in [6.07, 6.45) is 1.95. The Labute approximate surface area is 121 Å². The highest BCUT2D eigenvalue weighted by Gasteiger charge is 2.32. The lowest BCUT2D eigenvalue weighted by Gasteiger charge is -2.35. The van der Waals surface area contributed by atoms with Crippen LogP contribution < -0.4 is 5.32 Å². The first-order chi connectivity index (χ1) is 9.46. The molecule has 0 radical (unpaired) electrons. The van der Waals surface area contributed by atoms with E-state index in [1.54, 1.807) is 29.6 Å². The number of anilines is 1. The van der Waals surface area contributed by atoms with E-state index in [-0.39, 0.29) is 0 Å². The number of nitrogens with one attached hydrogen (secondary N) is 1. The van der Waals surface area contributed by atoms with Gasteiger partial charge in [-0.05, 0) is 39.1 Å². The lowest BCUT2D eigenvalue weighted by molar-refractivity contribution is 0.190. The average molecular weight is 297 g/mol. The number of hydrogen-bond donors (Lipinski definition) is 1. The van der Waals surface area contributed by atoms with E-state index in [2.05, 4.69) is 10.2 Å². The molecule has 1 aliphatic rings. The molecule has 20 heavy (non-hydrogen) atoms. The molecular formula is C14H23N3O2S. The van der Waals surface area contributed by atoms with Crippen LogP contribution in [0.3, 0.4) is 0 Å². The van der Waals surface area contributed by atoms with Crippen molar-refractivity contribution in [3.8, 4) is 0 Å². The largest absolute Gasteiger partial charge is 0.387 e. The van der Waals surface area contributed by atoms with Gasteiger partial charge in [0.15, 0.2) is 0 Å². The molecule has 1 N–H and O–H groups in total. The molecule has 1 aromatic rings. The summed E-state index contributed by atoms with van der Waals surface area (Å²) in [6, 6.07) is 7.35. The topological polar surface area (TPSA) is 52.7 Å². The summed E-state index contributed by atoms with van der Waals surface area (Å²) >= 11 is 0. The van der Waals surface area contributed by atoms with Crippen LogP contribution in [-0.2, 0) is 10.0 Å². The summed E-state index contributed by atoms with van der Waals surface area (Å²) in [5, 5.41) is 2.96. The number of piperidine rings is 1. The molecule has 0 spiro atoms. The van der Waals surface area contributed by atoms with Gasteiger partial charge in [0.05, 0.1) is 5.69 Å². The normalized spacial score (nSPS) is 21.1. The quantitative estimate of drug-likeness (QED) is 0.914. The monoisotopic (exact) mass is 297 g/mol. The van der Waals surface area contributed by atoms with Crippen molar-refractivity contribution >= 4 is 15.7 Å². The second-order valence-corrected chi connectivity index (χ2v) is 7.28. The number of para-hydroxylation sites is 1. The minimum absolute atomic E-state index is 0.292. The Balaban J connectivity index is 2.30. The number of sulfonamides is 1. The molecular weight excluding hydrogens is 274 g/mol. The zero-order valence-corrected chi connectivity index (χ0v) is 13.2. The van der Waals surface area contributed by atoms with E-state index >= 15 is 0 Å². The van der Waals surface area contributed by atoms with Crippen LogP contribution in [0.25, 0.3) is 0 Å². The highest BCUT2D eigenvalue weighted by molar-refractivity contribution is 7.89. The second kappa shape index (κ2) is 6.11. The smallest absolute Gasteiger partial charge is 0.245 e. The van der Waals surface area contributed by atoms with Crippen LogP contribution in [0.5, 0.6) is 0 Å². The predicted molar refractivity (Wildman–Crippen MR) is 81.5 cm³/mol. The van der Waals surface area contributed by atoms with Crippen LogP contribution in [0.1, 0.15) is 12.8 Å². The van der Waals surface area contributed by atoms with Crippen molar-refractivity contribution < 1.29 is 8.42 Å². The Bertz CT molecular complexity index is 557. The molecule has 1 unspecified atom stereocenters. The Morgan fingerprint density at radius 2 is 2.00 bits per heavy atom. The van der Waals surface area contributed by atoms with E-state index in [1.165, 1.54) is 0 Å². The molecule has 0 bridgehead atoms. The van der Waals surface area contributed by atoms with Crippen molar-refractivity contribution in [3.05, 3.63) is 24.3 Å². The fraction of sp³-hybridized carbons (Fsp3) is 0.571. The Kier molecular flexibility index (Phi) is 4.67. The summed E-state index contributed by atoms with van der Waals surface area (Å²) in [6.45, 7) is 1.16. The fourth-order valence-electron chi connectivity index (χ4n) is 2.60. The standard InChI is InChI=1S/C14H23N3O2S/c1-15-13-8-4-5-9-14(13)20(18,19)17-10-6-7-12(11-17)16(2)3/h4-5,8-9,12,15H,6-7,10-11H2,1-3H3. The van der Waals surface area contributed by atoms with Crippen LogP contribution in [-0.4, -0.2) is 57.9 Å². The van der Waals surface area contributed by atoms with Gasteiger partial charge < -0.3 is 10.2 Å². The first-order valence-electron chi connectivity index (χ1n) is 6.90. The van der Waals surface area contributed by atoms with Gasteiger partial charge >= 0.3 is 0 Å². The van der Waals surface area contributed by atoms with Crippen LogP contribution in [0.4, 0.5) is 5.69 Å². The molecule has 0 aromatic heterocycles. The van der Waals surface area contributed by atoms with Gasteiger partial charge in [-0.1, -0.05) is 12.1 Å². The zero-order chi connectivity index (χ0) is 14.8. The van der Waals surface area contributed by atoms with E-state index in [4.69, 9.17) is 0 Å². The SMILES string of the molecule is CNc1ccccc1S(=O)(=O)N1CCCC(N(C)C)C1. The minimum atomic E-state index is -3.43. The van der Waals surface area contributed by atoms with Crippen molar-refractivity contribution in [1.29, 1.82) is 0 Å². The van der Waals surface area contributed by atoms with Gasteiger partial charge in [-0.25, -0.2) is 8.42 Å². The van der Waals surface area contributed by atoms with E-state index in [0.29, 0.717) is 29.7 Å². The highest BCUT2D eigenvalue weighted by atomic mass is 32.2. The third kappa shape index (κ3) is 2.97. The fourth-order valence-corrected chi connectivity index (χ4v) is 4.31. The number of hydrogen-bond acceptors (Lipinski definition) is 4. The highest BCUT2D eigenvalue weighted by Crippen LogP contribution is 2.27. The third-order valence-corrected chi connectivity index (χ3v) is 5.79.